The van der Waals surface area contributed by atoms with Gasteiger partial charge in [0.2, 0.25) is 0 Å². The van der Waals surface area contributed by atoms with E-state index in [2.05, 4.69) is 23.7 Å². The van der Waals surface area contributed by atoms with Gasteiger partial charge >= 0.3 is 0 Å². The molecular formula is C12H19NOS. The van der Waals surface area contributed by atoms with E-state index in [1.165, 1.54) is 23.3 Å². The summed E-state index contributed by atoms with van der Waals surface area (Å²) in [6.45, 7) is 4.16. The van der Waals surface area contributed by atoms with E-state index in [9.17, 15) is 0 Å². The number of hydrogen-bond acceptors (Lipinski definition) is 3. The van der Waals surface area contributed by atoms with E-state index in [4.69, 9.17) is 4.74 Å². The van der Waals surface area contributed by atoms with Gasteiger partial charge in [-0.2, -0.15) is 0 Å². The molecule has 15 heavy (non-hydrogen) atoms. The van der Waals surface area contributed by atoms with Gasteiger partial charge < -0.3 is 10.1 Å². The number of aryl methyl sites for hydroxylation is 1. The monoisotopic (exact) mass is 225 g/mol. The fraction of sp³-hybridized carbons (Fsp3) is 0.667. The maximum atomic E-state index is 5.94. The van der Waals surface area contributed by atoms with Crippen LogP contribution in [0.3, 0.4) is 0 Å². The van der Waals surface area contributed by atoms with E-state index in [1.807, 2.05) is 18.4 Å². The van der Waals surface area contributed by atoms with E-state index in [-0.39, 0.29) is 0 Å². The molecule has 1 aliphatic rings. The number of thiophene rings is 1. The standard InChI is InChI=1S/C12H19NOS/c1-9-5-7-15-12(9)11-10(8-13-2)4-3-6-14-11/h5,7,10-11,13H,3-4,6,8H2,1-2H3. The van der Waals surface area contributed by atoms with Crippen molar-refractivity contribution >= 4 is 11.3 Å². The average Bonchev–Trinajstić information content (AvgIpc) is 2.66. The van der Waals surface area contributed by atoms with Crippen molar-refractivity contribution in [3.8, 4) is 0 Å². The highest BCUT2D eigenvalue weighted by molar-refractivity contribution is 7.10. The summed E-state index contributed by atoms with van der Waals surface area (Å²) in [7, 11) is 2.02. The van der Waals surface area contributed by atoms with Gasteiger partial charge in [-0.1, -0.05) is 0 Å². The topological polar surface area (TPSA) is 21.3 Å². The van der Waals surface area contributed by atoms with Gasteiger partial charge in [-0.15, -0.1) is 11.3 Å². The largest absolute Gasteiger partial charge is 0.372 e. The fourth-order valence-electron chi connectivity index (χ4n) is 2.28. The van der Waals surface area contributed by atoms with Crippen LogP contribution in [0.15, 0.2) is 11.4 Å². The third kappa shape index (κ3) is 2.41. The summed E-state index contributed by atoms with van der Waals surface area (Å²) in [5, 5.41) is 5.44. The van der Waals surface area contributed by atoms with Gasteiger partial charge in [0.05, 0.1) is 6.10 Å². The van der Waals surface area contributed by atoms with Crippen LogP contribution >= 0.6 is 11.3 Å². The van der Waals surface area contributed by atoms with Crippen molar-refractivity contribution < 1.29 is 4.74 Å². The summed E-state index contributed by atoms with van der Waals surface area (Å²) >= 11 is 1.83. The molecule has 1 aromatic heterocycles. The minimum atomic E-state index is 0.325. The van der Waals surface area contributed by atoms with Crippen molar-refractivity contribution in [3.63, 3.8) is 0 Å². The zero-order valence-electron chi connectivity index (χ0n) is 9.45. The van der Waals surface area contributed by atoms with E-state index < -0.39 is 0 Å². The van der Waals surface area contributed by atoms with Crippen LogP contribution in [0.5, 0.6) is 0 Å². The Hall–Kier alpha value is -0.380. The molecular weight excluding hydrogens is 206 g/mol. The van der Waals surface area contributed by atoms with E-state index in [1.54, 1.807) is 0 Å². The first-order valence-corrected chi connectivity index (χ1v) is 6.51. The Morgan fingerprint density at radius 3 is 3.13 bits per heavy atom. The lowest BCUT2D eigenvalue weighted by Gasteiger charge is -2.31. The van der Waals surface area contributed by atoms with Crippen LogP contribution < -0.4 is 5.32 Å². The molecule has 3 heteroatoms. The summed E-state index contributed by atoms with van der Waals surface area (Å²) in [6.07, 6.45) is 2.81. The fourth-order valence-corrected chi connectivity index (χ4v) is 3.35. The minimum absolute atomic E-state index is 0.325. The van der Waals surface area contributed by atoms with Gasteiger partial charge in [0.25, 0.3) is 0 Å². The first-order valence-electron chi connectivity index (χ1n) is 5.63. The second-order valence-corrected chi connectivity index (χ2v) is 5.17. The Kier molecular flexibility index (Phi) is 3.78. The van der Waals surface area contributed by atoms with Crippen LogP contribution in [-0.4, -0.2) is 20.2 Å². The van der Waals surface area contributed by atoms with Crippen LogP contribution in [0, 0.1) is 12.8 Å². The highest BCUT2D eigenvalue weighted by Gasteiger charge is 2.28. The normalized spacial score (nSPS) is 26.8. The van der Waals surface area contributed by atoms with Gasteiger partial charge in [-0.05, 0) is 43.8 Å². The summed E-state index contributed by atoms with van der Waals surface area (Å²) in [4.78, 5) is 1.43. The highest BCUT2D eigenvalue weighted by atomic mass is 32.1. The molecule has 2 rings (SSSR count). The third-order valence-corrected chi connectivity index (χ3v) is 4.15. The molecule has 0 aromatic carbocycles. The molecule has 84 valence electrons. The highest BCUT2D eigenvalue weighted by Crippen LogP contribution is 2.37. The predicted molar refractivity (Wildman–Crippen MR) is 64.4 cm³/mol. The number of nitrogens with one attached hydrogen (secondary N) is 1. The molecule has 1 fully saturated rings. The lowest BCUT2D eigenvalue weighted by atomic mass is 9.92. The minimum Gasteiger partial charge on any atom is -0.372 e. The van der Waals surface area contributed by atoms with Crippen LogP contribution in [0.2, 0.25) is 0 Å². The molecule has 0 spiro atoms. The molecule has 0 amide bonds. The van der Waals surface area contributed by atoms with E-state index in [0.29, 0.717) is 12.0 Å². The van der Waals surface area contributed by atoms with Crippen molar-refractivity contribution in [2.45, 2.75) is 25.9 Å². The van der Waals surface area contributed by atoms with Gasteiger partial charge in [-0.25, -0.2) is 0 Å². The van der Waals surface area contributed by atoms with Crippen molar-refractivity contribution in [3.05, 3.63) is 21.9 Å². The molecule has 2 unspecified atom stereocenters. The average molecular weight is 225 g/mol. The molecule has 1 saturated heterocycles. The van der Waals surface area contributed by atoms with Crippen LogP contribution in [0.25, 0.3) is 0 Å². The molecule has 1 N–H and O–H groups in total. The van der Waals surface area contributed by atoms with E-state index >= 15 is 0 Å². The number of hydrogen-bond donors (Lipinski definition) is 1. The molecule has 0 saturated carbocycles. The molecule has 2 heterocycles. The Balaban J connectivity index is 2.14. The number of rotatable bonds is 3. The van der Waals surface area contributed by atoms with E-state index in [0.717, 1.165) is 13.2 Å². The second-order valence-electron chi connectivity index (χ2n) is 4.22. The van der Waals surface area contributed by atoms with Crippen molar-refractivity contribution in [1.82, 2.24) is 5.32 Å². The van der Waals surface area contributed by atoms with Gasteiger partial charge in [0.15, 0.2) is 0 Å². The molecule has 0 aliphatic carbocycles. The second kappa shape index (κ2) is 5.10. The Morgan fingerprint density at radius 1 is 1.60 bits per heavy atom. The van der Waals surface area contributed by atoms with Gasteiger partial charge in [0, 0.05) is 23.9 Å². The summed E-state index contributed by atoms with van der Waals surface area (Å²) in [5.74, 6) is 0.640. The zero-order valence-corrected chi connectivity index (χ0v) is 10.3. The zero-order chi connectivity index (χ0) is 10.7. The first-order chi connectivity index (χ1) is 7.33. The van der Waals surface area contributed by atoms with Gasteiger partial charge in [0.1, 0.15) is 0 Å². The number of ether oxygens (including phenoxy) is 1. The van der Waals surface area contributed by atoms with Crippen molar-refractivity contribution in [2.24, 2.45) is 5.92 Å². The lowest BCUT2D eigenvalue weighted by Crippen LogP contribution is -2.30. The Labute approximate surface area is 95.6 Å². The van der Waals surface area contributed by atoms with Crippen LogP contribution in [-0.2, 0) is 4.74 Å². The van der Waals surface area contributed by atoms with Crippen LogP contribution in [0.4, 0.5) is 0 Å². The first kappa shape index (κ1) is 11.1. The summed E-state index contributed by atoms with van der Waals surface area (Å²) in [5.41, 5.74) is 1.38. The molecule has 2 atom stereocenters. The van der Waals surface area contributed by atoms with Gasteiger partial charge in [-0.3, -0.25) is 0 Å². The SMILES string of the molecule is CNCC1CCCOC1c1sccc1C. The van der Waals surface area contributed by atoms with Crippen LogP contribution in [0.1, 0.15) is 29.4 Å². The summed E-state index contributed by atoms with van der Waals surface area (Å²) < 4.78 is 5.94. The predicted octanol–water partition coefficient (Wildman–Crippen LogP) is 2.74. The Morgan fingerprint density at radius 2 is 2.47 bits per heavy atom. The lowest BCUT2D eigenvalue weighted by molar-refractivity contribution is -0.0253. The third-order valence-electron chi connectivity index (χ3n) is 3.07. The Bertz CT molecular complexity index is 308. The van der Waals surface area contributed by atoms with Crippen molar-refractivity contribution in [1.29, 1.82) is 0 Å². The molecule has 2 nitrogen and oxygen atoms in total. The summed E-state index contributed by atoms with van der Waals surface area (Å²) in [6, 6.07) is 2.19. The smallest absolute Gasteiger partial charge is 0.0959 e. The maximum absolute atomic E-state index is 5.94. The maximum Gasteiger partial charge on any atom is 0.0959 e. The quantitative estimate of drug-likeness (QED) is 0.854. The molecule has 0 radical (unpaired) electrons. The molecule has 1 aliphatic heterocycles. The molecule has 0 bridgehead atoms. The molecule has 1 aromatic rings. The van der Waals surface area contributed by atoms with Crippen molar-refractivity contribution in [2.75, 3.05) is 20.2 Å².